The van der Waals surface area contributed by atoms with Gasteiger partial charge in [0.25, 0.3) is 5.56 Å². The molecule has 146 valence electrons. The predicted molar refractivity (Wildman–Crippen MR) is 104 cm³/mol. The highest BCUT2D eigenvalue weighted by atomic mass is 35.5. The predicted octanol–water partition coefficient (Wildman–Crippen LogP) is 1.13. The van der Waals surface area contributed by atoms with Crippen molar-refractivity contribution < 1.29 is 14.3 Å². The number of H-pyrrole nitrogens is 1. The zero-order valence-electron chi connectivity index (χ0n) is 14.9. The van der Waals surface area contributed by atoms with Crippen molar-refractivity contribution in [3.63, 3.8) is 0 Å². The Labute approximate surface area is 167 Å². The fourth-order valence-electron chi connectivity index (χ4n) is 2.45. The summed E-state index contributed by atoms with van der Waals surface area (Å²) >= 11 is 6.80. The minimum Gasteiger partial charge on any atom is -0.457 e. The van der Waals surface area contributed by atoms with E-state index in [9.17, 15) is 19.2 Å². The van der Waals surface area contributed by atoms with Crippen LogP contribution < -0.4 is 11.2 Å². The third-order valence-corrected chi connectivity index (χ3v) is 5.20. The molecule has 2 heterocycles. The Morgan fingerprint density at radius 3 is 2.54 bits per heavy atom. The van der Waals surface area contributed by atoms with E-state index in [2.05, 4.69) is 9.97 Å². The largest absolute Gasteiger partial charge is 0.457 e. The number of rotatable bonds is 6. The van der Waals surface area contributed by atoms with Gasteiger partial charge in [0.1, 0.15) is 0 Å². The average molecular weight is 423 g/mol. The number of nitrogens with one attached hydrogen (secondary N) is 1. The van der Waals surface area contributed by atoms with E-state index < -0.39 is 23.8 Å². The molecule has 28 heavy (non-hydrogen) atoms. The molecule has 3 aromatic rings. The Balaban J connectivity index is 1.64. The number of hydrogen-bond donors (Lipinski definition) is 1. The molecule has 0 amide bonds. The topological polar surface area (TPSA) is 116 Å². The first-order valence-electron chi connectivity index (χ1n) is 8.01. The second-order valence-electron chi connectivity index (χ2n) is 5.82. The van der Waals surface area contributed by atoms with Crippen LogP contribution in [0.25, 0.3) is 11.2 Å². The number of fused-ring (bicyclic) bond motifs is 1. The quantitative estimate of drug-likeness (QED) is 0.359. The number of carbonyl (C=O) groups excluding carboxylic acids is 2. The number of thioether (sulfide) groups is 1. The van der Waals surface area contributed by atoms with Gasteiger partial charge in [-0.05, 0) is 24.3 Å². The molecule has 11 heteroatoms. The monoisotopic (exact) mass is 422 g/mol. The third kappa shape index (κ3) is 4.02. The highest BCUT2D eigenvalue weighted by molar-refractivity contribution is 7.99. The molecule has 0 bridgehead atoms. The zero-order chi connectivity index (χ0) is 20.4. The molecule has 0 aliphatic rings. The summed E-state index contributed by atoms with van der Waals surface area (Å²) in [7, 11) is 3.09. The summed E-state index contributed by atoms with van der Waals surface area (Å²) in [5.74, 6) is -1.07. The molecule has 0 saturated heterocycles. The molecule has 0 fully saturated rings. The van der Waals surface area contributed by atoms with Gasteiger partial charge in [-0.1, -0.05) is 23.4 Å². The van der Waals surface area contributed by atoms with Crippen molar-refractivity contribution in [3.05, 3.63) is 55.7 Å². The van der Waals surface area contributed by atoms with Crippen molar-refractivity contribution in [1.82, 2.24) is 19.1 Å². The van der Waals surface area contributed by atoms with Crippen LogP contribution in [-0.2, 0) is 23.6 Å². The first kappa shape index (κ1) is 19.9. The molecule has 0 unspecified atom stereocenters. The van der Waals surface area contributed by atoms with E-state index in [-0.39, 0.29) is 22.7 Å². The third-order valence-electron chi connectivity index (χ3n) is 3.94. The van der Waals surface area contributed by atoms with Gasteiger partial charge in [0.05, 0.1) is 5.75 Å². The highest BCUT2D eigenvalue weighted by Crippen LogP contribution is 2.20. The number of carbonyl (C=O) groups is 2. The lowest BCUT2D eigenvalue weighted by atomic mass is 10.1. The molecule has 2 aromatic heterocycles. The molecule has 0 spiro atoms. The van der Waals surface area contributed by atoms with Gasteiger partial charge in [-0.25, -0.2) is 9.78 Å². The van der Waals surface area contributed by atoms with Crippen molar-refractivity contribution in [2.24, 2.45) is 14.1 Å². The van der Waals surface area contributed by atoms with Crippen LogP contribution in [0, 0.1) is 0 Å². The number of ketones is 1. The number of imidazole rings is 1. The van der Waals surface area contributed by atoms with Crippen LogP contribution in [0.4, 0.5) is 0 Å². The number of aryl methyl sites for hydroxylation is 2. The Hall–Kier alpha value is -2.85. The first-order valence-corrected chi connectivity index (χ1v) is 9.37. The summed E-state index contributed by atoms with van der Waals surface area (Å²) in [5, 5.41) is 0.867. The van der Waals surface area contributed by atoms with Crippen molar-refractivity contribution in [3.8, 4) is 0 Å². The second-order valence-corrected chi connectivity index (χ2v) is 7.20. The number of aromatic amines is 1. The first-order chi connectivity index (χ1) is 13.3. The Morgan fingerprint density at radius 1 is 1.18 bits per heavy atom. The number of nitrogens with zero attached hydrogens (tertiary/aromatic N) is 3. The van der Waals surface area contributed by atoms with Crippen LogP contribution >= 0.6 is 23.4 Å². The molecule has 0 saturated carbocycles. The maximum absolute atomic E-state index is 12.0. The summed E-state index contributed by atoms with van der Waals surface area (Å²) in [6, 6.07) is 6.25. The van der Waals surface area contributed by atoms with Crippen molar-refractivity contribution >= 4 is 46.3 Å². The Bertz CT molecular complexity index is 1180. The second kappa shape index (κ2) is 8.03. The SMILES string of the molecule is Cn1c(SCC(=O)OCC(=O)c2ccc(Cl)cc2)nc2c1c(=O)[nH]c(=O)n2C. The van der Waals surface area contributed by atoms with Gasteiger partial charge in [0.15, 0.2) is 28.7 Å². The fourth-order valence-corrected chi connectivity index (χ4v) is 3.34. The van der Waals surface area contributed by atoms with E-state index in [1.54, 1.807) is 31.3 Å². The molecular formula is C17H15ClN4O5S. The van der Waals surface area contributed by atoms with E-state index >= 15 is 0 Å². The van der Waals surface area contributed by atoms with Crippen LogP contribution in [0.15, 0.2) is 39.0 Å². The number of esters is 1. The summed E-state index contributed by atoms with van der Waals surface area (Å²) in [4.78, 5) is 54.0. The van der Waals surface area contributed by atoms with Gasteiger partial charge in [0.2, 0.25) is 0 Å². The fraction of sp³-hybridized carbons (Fsp3) is 0.235. The van der Waals surface area contributed by atoms with Crippen LogP contribution in [0.1, 0.15) is 10.4 Å². The Kier molecular flexibility index (Phi) is 5.71. The Morgan fingerprint density at radius 2 is 1.86 bits per heavy atom. The standard InChI is InChI=1S/C17H15ClN4O5S/c1-21-13-14(22(2)16(26)20-15(13)25)19-17(21)28-8-12(24)27-7-11(23)9-3-5-10(18)6-4-9/h3-6H,7-8H2,1-2H3,(H,20,25,26). The van der Waals surface area contributed by atoms with E-state index in [4.69, 9.17) is 16.3 Å². The normalized spacial score (nSPS) is 11.0. The van der Waals surface area contributed by atoms with Gasteiger partial charge in [-0.3, -0.25) is 23.9 Å². The highest BCUT2D eigenvalue weighted by Gasteiger charge is 2.17. The summed E-state index contributed by atoms with van der Waals surface area (Å²) in [5.41, 5.74) is -0.315. The van der Waals surface area contributed by atoms with Gasteiger partial charge in [-0.2, -0.15) is 0 Å². The lowest BCUT2D eigenvalue weighted by Crippen LogP contribution is -2.29. The maximum atomic E-state index is 12.0. The van der Waals surface area contributed by atoms with Crippen molar-refractivity contribution in [1.29, 1.82) is 0 Å². The zero-order valence-corrected chi connectivity index (χ0v) is 16.5. The molecule has 1 N–H and O–H groups in total. The van der Waals surface area contributed by atoms with Crippen LogP contribution in [0.3, 0.4) is 0 Å². The molecule has 0 atom stereocenters. The van der Waals surface area contributed by atoms with Gasteiger partial charge < -0.3 is 9.30 Å². The smallest absolute Gasteiger partial charge is 0.329 e. The van der Waals surface area contributed by atoms with Gasteiger partial charge in [-0.15, -0.1) is 0 Å². The van der Waals surface area contributed by atoms with Gasteiger partial charge >= 0.3 is 11.7 Å². The number of aromatic nitrogens is 4. The maximum Gasteiger partial charge on any atom is 0.329 e. The molecule has 0 aliphatic carbocycles. The number of hydrogen-bond acceptors (Lipinski definition) is 7. The summed E-state index contributed by atoms with van der Waals surface area (Å²) in [6.45, 7) is -0.391. The molecule has 0 radical (unpaired) electrons. The average Bonchev–Trinajstić information content (AvgIpc) is 3.00. The minimum atomic E-state index is -0.609. The minimum absolute atomic E-state index is 0.114. The van der Waals surface area contributed by atoms with E-state index in [0.717, 1.165) is 11.8 Å². The van der Waals surface area contributed by atoms with Crippen molar-refractivity contribution in [2.75, 3.05) is 12.4 Å². The summed E-state index contributed by atoms with van der Waals surface area (Å²) in [6.07, 6.45) is 0. The van der Waals surface area contributed by atoms with E-state index in [0.29, 0.717) is 15.7 Å². The molecule has 1 aromatic carbocycles. The molecule has 3 rings (SSSR count). The number of halogens is 1. The van der Waals surface area contributed by atoms with E-state index in [1.165, 1.54) is 16.2 Å². The van der Waals surface area contributed by atoms with Gasteiger partial charge in [0, 0.05) is 24.7 Å². The van der Waals surface area contributed by atoms with Crippen LogP contribution in [0.5, 0.6) is 0 Å². The van der Waals surface area contributed by atoms with Crippen LogP contribution in [-0.4, -0.2) is 43.2 Å². The number of ether oxygens (including phenoxy) is 1. The van der Waals surface area contributed by atoms with Crippen LogP contribution in [0.2, 0.25) is 5.02 Å². The molecule has 0 aliphatic heterocycles. The number of Topliss-reactive ketones (excluding diaryl/α,β-unsaturated/α-hetero) is 1. The number of benzene rings is 1. The lowest BCUT2D eigenvalue weighted by molar-refractivity contribution is -0.139. The van der Waals surface area contributed by atoms with E-state index in [1.807, 2.05) is 0 Å². The lowest BCUT2D eigenvalue weighted by Gasteiger charge is -2.05. The molecular weight excluding hydrogens is 408 g/mol. The molecule has 9 nitrogen and oxygen atoms in total. The van der Waals surface area contributed by atoms with Crippen molar-refractivity contribution in [2.45, 2.75) is 5.16 Å². The summed E-state index contributed by atoms with van der Waals surface area (Å²) < 4.78 is 7.69.